The summed E-state index contributed by atoms with van der Waals surface area (Å²) in [5, 5.41) is 4.26. The van der Waals surface area contributed by atoms with Crippen molar-refractivity contribution in [2.45, 2.75) is 50.2 Å². The highest BCUT2D eigenvalue weighted by Crippen LogP contribution is 2.23. The topological polar surface area (TPSA) is 64.0 Å². The Hall–Kier alpha value is -2.60. The van der Waals surface area contributed by atoms with Crippen LogP contribution in [0.1, 0.15) is 37.7 Å². The normalized spacial score (nSPS) is 14.8. The molecule has 0 atom stereocenters. The van der Waals surface area contributed by atoms with Crippen molar-refractivity contribution in [1.29, 1.82) is 0 Å². The highest BCUT2D eigenvalue weighted by atomic mass is 32.2. The van der Waals surface area contributed by atoms with Crippen molar-refractivity contribution >= 4 is 28.6 Å². The molecule has 1 amide bonds. The summed E-state index contributed by atoms with van der Waals surface area (Å²) in [6.45, 7) is 1.97. The Labute approximate surface area is 174 Å². The minimum atomic E-state index is -0.111. The molecule has 150 valence electrons. The number of nitrogens with one attached hydrogen (secondary N) is 1. The van der Waals surface area contributed by atoms with Crippen LogP contribution in [0.3, 0.4) is 0 Å². The summed E-state index contributed by atoms with van der Waals surface area (Å²) in [7, 11) is 0. The average molecular weight is 408 g/mol. The molecule has 1 saturated carbocycles. The van der Waals surface area contributed by atoms with E-state index in [1.807, 2.05) is 49.4 Å². The first-order valence-corrected chi connectivity index (χ1v) is 11.1. The lowest BCUT2D eigenvalue weighted by atomic mass is 9.95. The molecule has 1 aliphatic rings. The largest absolute Gasteiger partial charge is 0.353 e. The third-order valence-electron chi connectivity index (χ3n) is 5.40. The van der Waals surface area contributed by atoms with Gasteiger partial charge in [0.2, 0.25) is 5.91 Å². The molecular formula is C23H25N3O2S. The zero-order valence-corrected chi connectivity index (χ0v) is 17.4. The maximum Gasteiger partial charge on any atom is 0.266 e. The minimum absolute atomic E-state index is 0.000594. The number of aryl methyl sites for hydroxylation is 1. The van der Waals surface area contributed by atoms with Crippen LogP contribution in [0.2, 0.25) is 0 Å². The first kappa shape index (κ1) is 19.7. The molecule has 0 unspecified atom stereocenters. The van der Waals surface area contributed by atoms with Crippen LogP contribution in [0, 0.1) is 6.92 Å². The van der Waals surface area contributed by atoms with Crippen molar-refractivity contribution in [2.75, 3.05) is 5.75 Å². The van der Waals surface area contributed by atoms with E-state index in [-0.39, 0.29) is 23.3 Å². The smallest absolute Gasteiger partial charge is 0.266 e. The number of para-hydroxylation sites is 2. The molecule has 1 fully saturated rings. The molecule has 5 nitrogen and oxygen atoms in total. The zero-order valence-electron chi connectivity index (χ0n) is 16.6. The highest BCUT2D eigenvalue weighted by Gasteiger charge is 2.18. The average Bonchev–Trinajstić information content (AvgIpc) is 2.74. The van der Waals surface area contributed by atoms with E-state index in [9.17, 15) is 9.59 Å². The lowest BCUT2D eigenvalue weighted by molar-refractivity contribution is -0.119. The summed E-state index contributed by atoms with van der Waals surface area (Å²) >= 11 is 1.32. The van der Waals surface area contributed by atoms with E-state index in [0.29, 0.717) is 16.1 Å². The fraction of sp³-hybridized carbons (Fsp3) is 0.348. The molecule has 1 N–H and O–H groups in total. The van der Waals surface area contributed by atoms with Crippen LogP contribution in [0.25, 0.3) is 16.6 Å². The van der Waals surface area contributed by atoms with Crippen LogP contribution < -0.4 is 10.9 Å². The predicted molar refractivity (Wildman–Crippen MR) is 118 cm³/mol. The quantitative estimate of drug-likeness (QED) is 0.508. The maximum atomic E-state index is 13.3. The van der Waals surface area contributed by atoms with Gasteiger partial charge in [0.25, 0.3) is 5.56 Å². The van der Waals surface area contributed by atoms with E-state index in [0.717, 1.165) is 24.1 Å². The number of hydrogen-bond donors (Lipinski definition) is 1. The number of thioether (sulfide) groups is 1. The fourth-order valence-electron chi connectivity index (χ4n) is 3.88. The van der Waals surface area contributed by atoms with Crippen molar-refractivity contribution < 1.29 is 4.79 Å². The first-order chi connectivity index (χ1) is 14.1. The van der Waals surface area contributed by atoms with Gasteiger partial charge in [0.05, 0.1) is 22.3 Å². The van der Waals surface area contributed by atoms with Crippen LogP contribution in [0.5, 0.6) is 0 Å². The van der Waals surface area contributed by atoms with E-state index >= 15 is 0 Å². The van der Waals surface area contributed by atoms with Crippen molar-refractivity contribution in [3.05, 3.63) is 64.4 Å². The molecule has 2 aromatic carbocycles. The number of aromatic nitrogens is 2. The Balaban J connectivity index is 1.65. The van der Waals surface area contributed by atoms with Gasteiger partial charge in [-0.3, -0.25) is 14.2 Å². The summed E-state index contributed by atoms with van der Waals surface area (Å²) in [5.41, 5.74) is 2.32. The number of fused-ring (bicyclic) bond motifs is 1. The van der Waals surface area contributed by atoms with Crippen molar-refractivity contribution in [3.8, 4) is 5.69 Å². The standard InChI is InChI=1S/C23H25N3O2S/c1-16-9-5-8-14-20(16)26-22(28)18-12-6-7-13-19(18)25-23(26)29-15-21(27)24-17-10-3-2-4-11-17/h5-9,12-14,17H,2-4,10-11,15H2,1H3,(H,24,27). The molecule has 3 aromatic rings. The van der Waals surface area contributed by atoms with Gasteiger partial charge in [-0.15, -0.1) is 0 Å². The number of benzene rings is 2. The Bertz CT molecular complexity index is 1090. The summed E-state index contributed by atoms with van der Waals surface area (Å²) in [6, 6.07) is 15.4. The van der Waals surface area contributed by atoms with Gasteiger partial charge in [0, 0.05) is 6.04 Å². The highest BCUT2D eigenvalue weighted by molar-refractivity contribution is 7.99. The molecule has 4 rings (SSSR count). The Morgan fingerprint density at radius 3 is 2.62 bits per heavy atom. The first-order valence-electron chi connectivity index (χ1n) is 10.1. The van der Waals surface area contributed by atoms with Crippen molar-refractivity contribution in [1.82, 2.24) is 14.9 Å². The minimum Gasteiger partial charge on any atom is -0.353 e. The zero-order chi connectivity index (χ0) is 20.2. The second-order valence-corrected chi connectivity index (χ2v) is 8.47. The van der Waals surface area contributed by atoms with Crippen LogP contribution >= 0.6 is 11.8 Å². The van der Waals surface area contributed by atoms with Gasteiger partial charge in [0.15, 0.2) is 5.16 Å². The lowest BCUT2D eigenvalue weighted by Gasteiger charge is -2.22. The van der Waals surface area contributed by atoms with Crippen LogP contribution in [-0.2, 0) is 4.79 Å². The van der Waals surface area contributed by atoms with Gasteiger partial charge < -0.3 is 5.32 Å². The molecule has 1 heterocycles. The number of nitrogens with zero attached hydrogens (tertiary/aromatic N) is 2. The van der Waals surface area contributed by atoms with Crippen molar-refractivity contribution in [2.24, 2.45) is 0 Å². The lowest BCUT2D eigenvalue weighted by Crippen LogP contribution is -2.37. The second-order valence-electron chi connectivity index (χ2n) is 7.53. The number of carbonyl (C=O) groups is 1. The van der Waals surface area contributed by atoms with E-state index in [1.165, 1.54) is 31.0 Å². The Kier molecular flexibility index (Phi) is 6.00. The van der Waals surface area contributed by atoms with E-state index in [1.54, 1.807) is 10.6 Å². The molecule has 1 aliphatic carbocycles. The monoisotopic (exact) mass is 407 g/mol. The predicted octanol–water partition coefficient (Wildman–Crippen LogP) is 4.24. The number of carbonyl (C=O) groups excluding carboxylic acids is 1. The fourth-order valence-corrected chi connectivity index (χ4v) is 4.70. The Morgan fingerprint density at radius 1 is 1.10 bits per heavy atom. The molecule has 0 spiro atoms. The number of rotatable bonds is 5. The summed E-state index contributed by atoms with van der Waals surface area (Å²) in [6.07, 6.45) is 5.72. The van der Waals surface area contributed by atoms with Gasteiger partial charge in [-0.25, -0.2) is 4.98 Å². The molecular weight excluding hydrogens is 382 g/mol. The molecule has 29 heavy (non-hydrogen) atoms. The molecule has 1 aromatic heterocycles. The number of amides is 1. The third kappa shape index (κ3) is 4.37. The van der Waals surface area contributed by atoms with Crippen LogP contribution in [0.15, 0.2) is 58.5 Å². The molecule has 0 saturated heterocycles. The van der Waals surface area contributed by atoms with Gasteiger partial charge in [-0.2, -0.15) is 0 Å². The molecule has 0 radical (unpaired) electrons. The molecule has 0 aliphatic heterocycles. The third-order valence-corrected chi connectivity index (χ3v) is 6.34. The van der Waals surface area contributed by atoms with Gasteiger partial charge in [-0.1, -0.05) is 61.4 Å². The van der Waals surface area contributed by atoms with Gasteiger partial charge in [-0.05, 0) is 43.5 Å². The maximum absolute atomic E-state index is 13.3. The van der Waals surface area contributed by atoms with Crippen LogP contribution in [0.4, 0.5) is 0 Å². The molecule has 0 bridgehead atoms. The SMILES string of the molecule is Cc1ccccc1-n1c(SCC(=O)NC2CCCCC2)nc2ccccc2c1=O. The second kappa shape index (κ2) is 8.82. The van der Waals surface area contributed by atoms with E-state index < -0.39 is 0 Å². The van der Waals surface area contributed by atoms with Crippen LogP contribution in [-0.4, -0.2) is 27.3 Å². The van der Waals surface area contributed by atoms with E-state index in [2.05, 4.69) is 5.32 Å². The number of hydrogen-bond acceptors (Lipinski definition) is 4. The van der Waals surface area contributed by atoms with Gasteiger partial charge >= 0.3 is 0 Å². The van der Waals surface area contributed by atoms with E-state index in [4.69, 9.17) is 4.98 Å². The van der Waals surface area contributed by atoms with Gasteiger partial charge in [0.1, 0.15) is 0 Å². The summed E-state index contributed by atoms with van der Waals surface area (Å²) < 4.78 is 1.64. The summed E-state index contributed by atoms with van der Waals surface area (Å²) in [4.78, 5) is 30.5. The molecule has 6 heteroatoms. The summed E-state index contributed by atoms with van der Waals surface area (Å²) in [5.74, 6) is 0.244. The Morgan fingerprint density at radius 2 is 1.83 bits per heavy atom. The van der Waals surface area contributed by atoms with Crippen molar-refractivity contribution in [3.63, 3.8) is 0 Å².